The Morgan fingerprint density at radius 3 is 2.61 bits per heavy atom. The predicted molar refractivity (Wildman–Crippen MR) is 102 cm³/mol. The Bertz CT molecular complexity index is 1000. The van der Waals surface area contributed by atoms with Crippen LogP contribution in [0.2, 0.25) is 0 Å². The first-order valence-corrected chi connectivity index (χ1v) is 8.80. The molecule has 3 heterocycles. The number of nitrogen functional groups attached to an aromatic ring is 1. The summed E-state index contributed by atoms with van der Waals surface area (Å²) < 4.78 is 12.6. The van der Waals surface area contributed by atoms with E-state index in [-0.39, 0.29) is 5.82 Å². The third-order valence-electron chi connectivity index (χ3n) is 5.23. The van der Waals surface area contributed by atoms with E-state index in [4.69, 9.17) is 15.2 Å². The van der Waals surface area contributed by atoms with Crippen molar-refractivity contribution in [1.29, 1.82) is 0 Å². The van der Waals surface area contributed by atoms with Crippen LogP contribution in [0.5, 0.6) is 5.75 Å². The van der Waals surface area contributed by atoms with Gasteiger partial charge in [-0.1, -0.05) is 12.1 Å². The molecule has 2 aromatic heterocycles. The normalized spacial score (nSPS) is 27.4. The average Bonchev–Trinajstić information content (AvgIpc) is 3.18. The molecule has 9 heteroatoms. The first-order valence-electron chi connectivity index (χ1n) is 8.80. The summed E-state index contributed by atoms with van der Waals surface area (Å²) in [7, 11) is 1.59. The predicted octanol–water partition coefficient (Wildman–Crippen LogP) is 0.691. The third kappa shape index (κ3) is 2.71. The lowest BCUT2D eigenvalue weighted by Crippen LogP contribution is -2.44. The van der Waals surface area contributed by atoms with Gasteiger partial charge < -0.3 is 35.1 Å². The maximum atomic E-state index is 10.9. The van der Waals surface area contributed by atoms with Gasteiger partial charge in [-0.05, 0) is 24.6 Å². The fourth-order valence-corrected chi connectivity index (χ4v) is 3.67. The van der Waals surface area contributed by atoms with Crippen LogP contribution in [0.1, 0.15) is 13.2 Å². The Morgan fingerprint density at radius 1 is 1.29 bits per heavy atom. The first kappa shape index (κ1) is 18.6. The van der Waals surface area contributed by atoms with Gasteiger partial charge in [0, 0.05) is 11.8 Å². The van der Waals surface area contributed by atoms with Crippen molar-refractivity contribution in [1.82, 2.24) is 14.5 Å². The van der Waals surface area contributed by atoms with Crippen molar-refractivity contribution < 1.29 is 24.8 Å². The molecule has 0 bridgehead atoms. The number of fused-ring (bicyclic) bond motifs is 1. The van der Waals surface area contributed by atoms with Crippen molar-refractivity contribution in [2.75, 3.05) is 19.5 Å². The molecule has 0 spiro atoms. The van der Waals surface area contributed by atoms with Crippen LogP contribution in [-0.4, -0.2) is 61.4 Å². The number of anilines is 1. The number of nitrogens with two attached hydrogens (primary N) is 1. The molecule has 5 N–H and O–H groups in total. The molecular formula is C19H22N4O5. The molecule has 1 fully saturated rings. The number of hydrogen-bond donors (Lipinski definition) is 4. The second-order valence-corrected chi connectivity index (χ2v) is 7.02. The van der Waals surface area contributed by atoms with Crippen molar-refractivity contribution in [3.63, 3.8) is 0 Å². The molecule has 0 radical (unpaired) electrons. The van der Waals surface area contributed by atoms with Gasteiger partial charge in [0.05, 0.1) is 19.1 Å². The van der Waals surface area contributed by atoms with E-state index in [0.29, 0.717) is 16.8 Å². The summed E-state index contributed by atoms with van der Waals surface area (Å²) in [5, 5.41) is 31.3. The number of aromatic nitrogens is 3. The number of aliphatic hydroxyl groups is 3. The molecule has 4 atom stereocenters. The Hall–Kier alpha value is -2.72. The number of hydrogen-bond acceptors (Lipinski definition) is 8. The highest BCUT2D eigenvalue weighted by Crippen LogP contribution is 2.42. The topological polar surface area (TPSA) is 136 Å². The van der Waals surface area contributed by atoms with E-state index in [1.54, 1.807) is 17.9 Å². The summed E-state index contributed by atoms with van der Waals surface area (Å²) >= 11 is 0. The van der Waals surface area contributed by atoms with Crippen LogP contribution in [0.15, 0.2) is 36.8 Å². The zero-order valence-electron chi connectivity index (χ0n) is 15.5. The number of ether oxygens (including phenoxy) is 2. The summed E-state index contributed by atoms with van der Waals surface area (Å²) in [5.41, 5.74) is 6.54. The van der Waals surface area contributed by atoms with Crippen LogP contribution in [0.4, 0.5) is 5.82 Å². The molecule has 1 saturated heterocycles. The third-order valence-corrected chi connectivity index (χ3v) is 5.23. The molecule has 0 aliphatic carbocycles. The van der Waals surface area contributed by atoms with E-state index >= 15 is 0 Å². The van der Waals surface area contributed by atoms with Crippen LogP contribution < -0.4 is 10.5 Å². The number of methoxy groups -OCH3 is 1. The molecular weight excluding hydrogens is 364 g/mol. The monoisotopic (exact) mass is 386 g/mol. The van der Waals surface area contributed by atoms with Crippen molar-refractivity contribution in [2.24, 2.45) is 0 Å². The van der Waals surface area contributed by atoms with Gasteiger partial charge in [-0.25, -0.2) is 9.97 Å². The summed E-state index contributed by atoms with van der Waals surface area (Å²) in [6, 6.07) is 7.41. The van der Waals surface area contributed by atoms with Crippen molar-refractivity contribution in [2.45, 2.75) is 31.0 Å². The smallest absolute Gasteiger partial charge is 0.167 e. The molecule has 0 amide bonds. The largest absolute Gasteiger partial charge is 0.497 e. The van der Waals surface area contributed by atoms with Gasteiger partial charge in [0.2, 0.25) is 0 Å². The quantitative estimate of drug-likeness (QED) is 0.514. The highest BCUT2D eigenvalue weighted by Gasteiger charge is 2.53. The summed E-state index contributed by atoms with van der Waals surface area (Å²) in [4.78, 5) is 8.41. The van der Waals surface area contributed by atoms with Gasteiger partial charge in [0.15, 0.2) is 6.23 Å². The molecule has 1 aliphatic heterocycles. The van der Waals surface area contributed by atoms with E-state index in [1.165, 1.54) is 13.3 Å². The molecule has 4 rings (SSSR count). The fraction of sp³-hybridized carbons (Fsp3) is 0.368. The number of aliphatic hydroxyl groups excluding tert-OH is 2. The van der Waals surface area contributed by atoms with Crippen LogP contribution in [0.25, 0.3) is 22.2 Å². The molecule has 1 aliphatic rings. The van der Waals surface area contributed by atoms with E-state index in [2.05, 4.69) is 9.97 Å². The van der Waals surface area contributed by atoms with Gasteiger partial charge in [0.1, 0.15) is 41.4 Å². The maximum absolute atomic E-state index is 10.9. The maximum Gasteiger partial charge on any atom is 0.167 e. The molecule has 1 aromatic carbocycles. The van der Waals surface area contributed by atoms with E-state index in [9.17, 15) is 15.3 Å². The molecule has 9 nitrogen and oxygen atoms in total. The van der Waals surface area contributed by atoms with Gasteiger partial charge >= 0.3 is 0 Å². The molecule has 28 heavy (non-hydrogen) atoms. The van der Waals surface area contributed by atoms with E-state index in [1.807, 2.05) is 24.3 Å². The van der Waals surface area contributed by atoms with E-state index in [0.717, 1.165) is 11.1 Å². The average molecular weight is 386 g/mol. The minimum Gasteiger partial charge on any atom is -0.497 e. The number of rotatable bonds is 4. The first-order chi connectivity index (χ1) is 13.4. The zero-order chi connectivity index (χ0) is 20.1. The number of benzene rings is 1. The lowest BCUT2D eigenvalue weighted by Gasteiger charge is -2.27. The second kappa shape index (κ2) is 6.71. The Kier molecular flexibility index (Phi) is 4.47. The molecule has 0 saturated carbocycles. The second-order valence-electron chi connectivity index (χ2n) is 7.02. The van der Waals surface area contributed by atoms with Crippen LogP contribution in [0.3, 0.4) is 0 Å². The standard InChI is InChI=1S/C19H22N4O5/c1-19(26)15(25)13(8-24)28-18(19)23-7-12(10-3-5-11(27-2)6-4-10)14-16(20)21-9-22-17(14)23/h3-7,9,13,15,18,24-26H,8H2,1-2H3,(H2,20,21,22)/t13-,15-,18-,19-/m1/s1. The van der Waals surface area contributed by atoms with E-state index < -0.39 is 30.6 Å². The zero-order valence-corrected chi connectivity index (χ0v) is 15.5. The highest BCUT2D eigenvalue weighted by molar-refractivity contribution is 6.00. The SMILES string of the molecule is COc1ccc(-c2cn([C@@H]3O[C@H](CO)[C@@H](O)[C@@]3(C)O)c3ncnc(N)c23)cc1. The minimum atomic E-state index is -1.64. The van der Waals surface area contributed by atoms with Gasteiger partial charge in [-0.15, -0.1) is 0 Å². The summed E-state index contributed by atoms with van der Waals surface area (Å²) in [6.45, 7) is 1.04. The Morgan fingerprint density at radius 2 is 2.00 bits per heavy atom. The highest BCUT2D eigenvalue weighted by atomic mass is 16.6. The van der Waals surface area contributed by atoms with Crippen molar-refractivity contribution in [3.8, 4) is 16.9 Å². The van der Waals surface area contributed by atoms with Crippen LogP contribution in [0, 0.1) is 0 Å². The lowest BCUT2D eigenvalue weighted by atomic mass is 9.96. The summed E-state index contributed by atoms with van der Waals surface area (Å²) in [6.07, 6.45) is -0.0632. The van der Waals surface area contributed by atoms with Crippen LogP contribution in [-0.2, 0) is 4.74 Å². The van der Waals surface area contributed by atoms with Gasteiger partial charge in [-0.2, -0.15) is 0 Å². The molecule has 148 valence electrons. The van der Waals surface area contributed by atoms with Crippen molar-refractivity contribution >= 4 is 16.9 Å². The molecule has 0 unspecified atom stereocenters. The minimum absolute atomic E-state index is 0.284. The summed E-state index contributed by atoms with van der Waals surface area (Å²) in [5.74, 6) is 0.999. The Labute approximate surface area is 161 Å². The lowest BCUT2D eigenvalue weighted by molar-refractivity contribution is -0.0948. The van der Waals surface area contributed by atoms with Gasteiger partial charge in [-0.3, -0.25) is 0 Å². The fourth-order valence-electron chi connectivity index (χ4n) is 3.67. The Balaban J connectivity index is 1.90. The number of nitrogens with zero attached hydrogens (tertiary/aromatic N) is 3. The molecule has 3 aromatic rings. The van der Waals surface area contributed by atoms with Crippen molar-refractivity contribution in [3.05, 3.63) is 36.8 Å². The van der Waals surface area contributed by atoms with Crippen LogP contribution >= 0.6 is 0 Å². The van der Waals surface area contributed by atoms with Gasteiger partial charge in [0.25, 0.3) is 0 Å².